The van der Waals surface area contributed by atoms with Gasteiger partial charge in [0.15, 0.2) is 0 Å². The summed E-state index contributed by atoms with van der Waals surface area (Å²) in [5.74, 6) is -0.498. The van der Waals surface area contributed by atoms with Crippen LogP contribution in [0.1, 0.15) is 65.7 Å². The highest BCUT2D eigenvalue weighted by Gasteiger charge is 2.53. The Hall–Kier alpha value is -1.24. The summed E-state index contributed by atoms with van der Waals surface area (Å²) in [7, 11) is 0. The zero-order valence-electron chi connectivity index (χ0n) is 16.7. The van der Waals surface area contributed by atoms with E-state index in [1.54, 1.807) is 6.92 Å². The Balaban J connectivity index is 1.91. The maximum atomic E-state index is 14.3. The lowest BCUT2D eigenvalue weighted by molar-refractivity contribution is -0.156. The summed E-state index contributed by atoms with van der Waals surface area (Å²) in [6.45, 7) is 5.86. The van der Waals surface area contributed by atoms with Gasteiger partial charge in [0.2, 0.25) is 5.60 Å². The smallest absolute Gasteiger partial charge is 0.264 e. The van der Waals surface area contributed by atoms with E-state index in [1.165, 1.54) is 18.2 Å². The molecule has 0 bridgehead atoms. The second-order valence-corrected chi connectivity index (χ2v) is 8.45. The molecule has 2 rings (SSSR count). The quantitative estimate of drug-likeness (QED) is 0.628. The van der Waals surface area contributed by atoms with E-state index < -0.39 is 35.8 Å². The highest BCUT2D eigenvalue weighted by atomic mass is 19.1. The molecule has 1 aliphatic carbocycles. The van der Waals surface area contributed by atoms with Gasteiger partial charge in [-0.2, -0.15) is 0 Å². The zero-order chi connectivity index (χ0) is 20.2. The Morgan fingerprint density at radius 2 is 2.11 bits per heavy atom. The fourth-order valence-corrected chi connectivity index (χ4v) is 4.26. The first-order valence-electron chi connectivity index (χ1n) is 10.3. The van der Waals surface area contributed by atoms with Crippen LogP contribution in [0.25, 0.3) is 0 Å². The van der Waals surface area contributed by atoms with Crippen LogP contribution in [0.3, 0.4) is 0 Å². The number of nitrogens with zero attached hydrogens (tertiary/aromatic N) is 1. The van der Waals surface area contributed by atoms with Crippen LogP contribution in [-0.4, -0.2) is 58.9 Å². The van der Waals surface area contributed by atoms with Crippen molar-refractivity contribution >= 4 is 11.8 Å². The van der Waals surface area contributed by atoms with Gasteiger partial charge in [0.1, 0.15) is 12.3 Å². The molecule has 1 aliphatic heterocycles. The van der Waals surface area contributed by atoms with Crippen LogP contribution in [0, 0.1) is 11.8 Å². The van der Waals surface area contributed by atoms with Crippen LogP contribution in [-0.2, 0) is 9.59 Å². The minimum Gasteiger partial charge on any atom is -0.372 e. The normalized spacial score (nSPS) is 32.2. The topological polar surface area (TPSA) is 69.6 Å². The van der Waals surface area contributed by atoms with Crippen LogP contribution in [0.5, 0.6) is 0 Å². The molecule has 2 aliphatic rings. The number of likely N-dealkylation sites (tertiary alicyclic amines) is 1. The lowest BCUT2D eigenvalue weighted by Crippen LogP contribution is -2.55. The van der Waals surface area contributed by atoms with E-state index in [1.807, 2.05) is 0 Å². The standard InChI is InChI=1S/C20H34F2N2O3/c1-4-16(21)11-17(22)14(3)24-9-8-20(27,19(24)26)18(25)23-12-15-7-5-6-13(2)10-15/h13-17,27H,4-12H2,1-3H3,(H,23,25). The van der Waals surface area contributed by atoms with Crippen LogP contribution in [0.15, 0.2) is 0 Å². The van der Waals surface area contributed by atoms with Crippen LogP contribution in [0.4, 0.5) is 8.78 Å². The lowest BCUT2D eigenvalue weighted by atomic mass is 9.82. The first-order valence-corrected chi connectivity index (χ1v) is 10.3. The maximum absolute atomic E-state index is 14.3. The first kappa shape index (κ1) is 22.1. The number of carbonyl (C=O) groups is 2. The predicted octanol–water partition coefficient (Wildman–Crippen LogP) is 2.76. The van der Waals surface area contributed by atoms with Crippen molar-refractivity contribution in [2.24, 2.45) is 11.8 Å². The van der Waals surface area contributed by atoms with E-state index in [9.17, 15) is 23.5 Å². The summed E-state index contributed by atoms with van der Waals surface area (Å²) in [5.41, 5.74) is -2.14. The van der Waals surface area contributed by atoms with E-state index in [0.717, 1.165) is 19.3 Å². The van der Waals surface area contributed by atoms with Gasteiger partial charge >= 0.3 is 0 Å². The molecule has 1 saturated heterocycles. The molecule has 1 heterocycles. The fourth-order valence-electron chi connectivity index (χ4n) is 4.26. The number of nitrogens with one attached hydrogen (secondary N) is 1. The second kappa shape index (κ2) is 9.30. The molecule has 0 aromatic heterocycles. The fraction of sp³-hybridized carbons (Fsp3) is 0.900. The van der Waals surface area contributed by atoms with E-state index in [2.05, 4.69) is 12.2 Å². The Kier molecular flexibility index (Phi) is 7.60. The van der Waals surface area contributed by atoms with Gasteiger partial charge in [-0.3, -0.25) is 9.59 Å². The van der Waals surface area contributed by atoms with Crippen LogP contribution < -0.4 is 5.32 Å². The second-order valence-electron chi connectivity index (χ2n) is 8.45. The van der Waals surface area contributed by atoms with Gasteiger partial charge in [-0.25, -0.2) is 8.78 Å². The van der Waals surface area contributed by atoms with Gasteiger partial charge in [-0.05, 0) is 38.0 Å². The summed E-state index contributed by atoms with van der Waals surface area (Å²) >= 11 is 0. The van der Waals surface area contributed by atoms with Gasteiger partial charge < -0.3 is 15.3 Å². The van der Waals surface area contributed by atoms with Crippen molar-refractivity contribution in [2.45, 2.75) is 89.7 Å². The SMILES string of the molecule is CCC(F)CC(F)C(C)N1CCC(O)(C(=O)NCC2CCCC(C)C2)C1=O. The molecule has 156 valence electrons. The number of carbonyl (C=O) groups excluding carboxylic acids is 2. The minimum absolute atomic E-state index is 0.0668. The molecule has 6 atom stereocenters. The van der Waals surface area contributed by atoms with Crippen molar-refractivity contribution in [3.63, 3.8) is 0 Å². The third kappa shape index (κ3) is 5.18. The molecule has 27 heavy (non-hydrogen) atoms. The van der Waals surface area contributed by atoms with Gasteiger partial charge in [-0.1, -0.05) is 26.7 Å². The summed E-state index contributed by atoms with van der Waals surface area (Å²) in [6.07, 6.45) is 1.45. The molecule has 2 fully saturated rings. The van der Waals surface area contributed by atoms with Crippen LogP contribution >= 0.6 is 0 Å². The molecular formula is C20H34F2N2O3. The van der Waals surface area contributed by atoms with Crippen molar-refractivity contribution in [2.75, 3.05) is 13.1 Å². The van der Waals surface area contributed by atoms with E-state index in [-0.39, 0.29) is 25.8 Å². The molecule has 0 radical (unpaired) electrons. The molecule has 2 N–H and O–H groups in total. The number of alkyl halides is 2. The average Bonchev–Trinajstić information content (AvgIpc) is 2.95. The van der Waals surface area contributed by atoms with Gasteiger partial charge in [0, 0.05) is 25.9 Å². The van der Waals surface area contributed by atoms with Crippen molar-refractivity contribution in [1.29, 1.82) is 0 Å². The third-order valence-electron chi connectivity index (χ3n) is 6.24. The highest BCUT2D eigenvalue weighted by Crippen LogP contribution is 2.30. The number of hydrogen-bond donors (Lipinski definition) is 2. The first-order chi connectivity index (χ1) is 12.7. The Bertz CT molecular complexity index is 533. The van der Waals surface area contributed by atoms with E-state index >= 15 is 0 Å². The van der Waals surface area contributed by atoms with Crippen molar-refractivity contribution in [3.8, 4) is 0 Å². The largest absolute Gasteiger partial charge is 0.372 e. The molecule has 6 unspecified atom stereocenters. The van der Waals surface area contributed by atoms with Gasteiger partial charge in [0.25, 0.3) is 11.8 Å². The molecule has 0 spiro atoms. The molecule has 0 aromatic carbocycles. The number of hydrogen-bond acceptors (Lipinski definition) is 3. The monoisotopic (exact) mass is 388 g/mol. The Morgan fingerprint density at radius 1 is 1.41 bits per heavy atom. The lowest BCUT2D eigenvalue weighted by Gasteiger charge is -2.30. The van der Waals surface area contributed by atoms with Gasteiger partial charge in [0.05, 0.1) is 6.04 Å². The molecule has 5 nitrogen and oxygen atoms in total. The van der Waals surface area contributed by atoms with E-state index in [4.69, 9.17) is 0 Å². The van der Waals surface area contributed by atoms with Crippen molar-refractivity contribution in [3.05, 3.63) is 0 Å². The molecular weight excluding hydrogens is 354 g/mol. The number of rotatable bonds is 8. The number of amides is 2. The Labute approximate surface area is 160 Å². The van der Waals surface area contributed by atoms with Crippen LogP contribution in [0.2, 0.25) is 0 Å². The summed E-state index contributed by atoms with van der Waals surface area (Å²) in [4.78, 5) is 26.3. The number of aliphatic hydroxyl groups is 1. The third-order valence-corrected chi connectivity index (χ3v) is 6.24. The number of halogens is 2. The van der Waals surface area contributed by atoms with Gasteiger partial charge in [-0.15, -0.1) is 0 Å². The zero-order valence-corrected chi connectivity index (χ0v) is 16.7. The van der Waals surface area contributed by atoms with Crippen molar-refractivity contribution in [1.82, 2.24) is 10.2 Å². The Morgan fingerprint density at radius 3 is 2.74 bits per heavy atom. The average molecular weight is 388 g/mol. The van der Waals surface area contributed by atoms with E-state index in [0.29, 0.717) is 18.4 Å². The minimum atomic E-state index is -2.14. The predicted molar refractivity (Wildman–Crippen MR) is 99.6 cm³/mol. The molecule has 1 saturated carbocycles. The molecule has 2 amide bonds. The molecule has 7 heteroatoms. The summed E-state index contributed by atoms with van der Waals surface area (Å²) < 4.78 is 27.8. The molecule has 0 aromatic rings. The summed E-state index contributed by atoms with van der Waals surface area (Å²) in [6, 6.07) is -0.872. The van der Waals surface area contributed by atoms with Crippen molar-refractivity contribution < 1.29 is 23.5 Å². The maximum Gasteiger partial charge on any atom is 0.264 e. The highest BCUT2D eigenvalue weighted by molar-refractivity contribution is 6.09. The summed E-state index contributed by atoms with van der Waals surface area (Å²) in [5, 5.41) is 13.4.